The lowest BCUT2D eigenvalue weighted by atomic mass is 9.94. The summed E-state index contributed by atoms with van der Waals surface area (Å²) in [6, 6.07) is 14.5. The third-order valence-corrected chi connectivity index (χ3v) is 5.49. The van der Waals surface area contributed by atoms with Crippen LogP contribution < -0.4 is 15.4 Å². The summed E-state index contributed by atoms with van der Waals surface area (Å²) in [6.45, 7) is 7.17. The van der Waals surface area contributed by atoms with E-state index in [9.17, 15) is 13.6 Å². The van der Waals surface area contributed by atoms with Crippen LogP contribution in [0.15, 0.2) is 60.7 Å². The van der Waals surface area contributed by atoms with Crippen molar-refractivity contribution in [2.75, 3.05) is 5.32 Å². The second-order valence-corrected chi connectivity index (χ2v) is 9.72. The highest BCUT2D eigenvalue weighted by atomic mass is 35.5. The molecule has 0 bridgehead atoms. The van der Waals surface area contributed by atoms with E-state index < -0.39 is 23.4 Å². The van der Waals surface area contributed by atoms with Crippen LogP contribution in [0.2, 0.25) is 5.02 Å². The first kappa shape index (κ1) is 26.2. The molecule has 8 heteroatoms. The summed E-state index contributed by atoms with van der Waals surface area (Å²) >= 11 is 6.09. The smallest absolute Gasteiger partial charge is 0.225 e. The molecule has 0 heterocycles. The van der Waals surface area contributed by atoms with Crippen LogP contribution in [0.5, 0.6) is 5.75 Å². The normalized spacial score (nSPS) is 13.0. The number of ether oxygens (including phenoxy) is 1. The zero-order chi connectivity index (χ0) is 25.8. The van der Waals surface area contributed by atoms with E-state index in [0.29, 0.717) is 28.3 Å². The zero-order valence-corrected chi connectivity index (χ0v) is 20.7. The highest BCUT2D eigenvalue weighted by Crippen LogP contribution is 2.31. The van der Waals surface area contributed by atoms with E-state index in [1.807, 2.05) is 0 Å². The highest BCUT2D eigenvalue weighted by molar-refractivity contribution is 6.30. The van der Waals surface area contributed by atoms with Gasteiger partial charge in [-0.05, 0) is 73.2 Å². The van der Waals surface area contributed by atoms with E-state index in [4.69, 9.17) is 21.7 Å². The third-order valence-electron chi connectivity index (χ3n) is 5.27. The molecule has 2 atom stereocenters. The van der Waals surface area contributed by atoms with Crippen molar-refractivity contribution in [3.63, 3.8) is 0 Å². The maximum Gasteiger partial charge on any atom is 0.225 e. The molecule has 3 N–H and O–H groups in total. The molecule has 0 radical (unpaired) electrons. The van der Waals surface area contributed by atoms with Crippen LogP contribution in [0.25, 0.3) is 0 Å². The summed E-state index contributed by atoms with van der Waals surface area (Å²) in [7, 11) is 0. The average Bonchev–Trinajstić information content (AvgIpc) is 2.78. The molecule has 0 aliphatic rings. The second kappa shape index (κ2) is 10.9. The SMILES string of the molecule is C[C@H](NC(=O)C(C)(C)C)[C@H](Oc1ccc(Nc2ccc(F)cc2)c(C=N)c1)c1cc(F)cc(Cl)c1. The van der Waals surface area contributed by atoms with Crippen molar-refractivity contribution in [3.05, 3.63) is 88.4 Å². The highest BCUT2D eigenvalue weighted by Gasteiger charge is 2.29. The minimum Gasteiger partial charge on any atom is -0.484 e. The molecule has 5 nitrogen and oxygen atoms in total. The van der Waals surface area contributed by atoms with Gasteiger partial charge in [-0.2, -0.15) is 0 Å². The summed E-state index contributed by atoms with van der Waals surface area (Å²) in [5.74, 6) is -0.632. The Morgan fingerprint density at radius 1 is 1.03 bits per heavy atom. The fourth-order valence-corrected chi connectivity index (χ4v) is 3.61. The first-order chi connectivity index (χ1) is 16.5. The van der Waals surface area contributed by atoms with Crippen molar-refractivity contribution in [3.8, 4) is 5.75 Å². The minimum absolute atomic E-state index is 0.180. The van der Waals surface area contributed by atoms with Gasteiger partial charge in [0.2, 0.25) is 5.91 Å². The molecule has 184 valence electrons. The molecule has 0 aliphatic heterocycles. The number of amides is 1. The van der Waals surface area contributed by atoms with Gasteiger partial charge in [-0.25, -0.2) is 8.78 Å². The minimum atomic E-state index is -0.760. The molecule has 0 fully saturated rings. The molecule has 0 spiro atoms. The zero-order valence-electron chi connectivity index (χ0n) is 20.0. The van der Waals surface area contributed by atoms with E-state index in [1.54, 1.807) is 64.1 Å². The van der Waals surface area contributed by atoms with Gasteiger partial charge in [-0.1, -0.05) is 32.4 Å². The van der Waals surface area contributed by atoms with Gasteiger partial charge in [0.15, 0.2) is 0 Å². The topological polar surface area (TPSA) is 74.2 Å². The number of benzene rings is 3. The largest absolute Gasteiger partial charge is 0.484 e. The number of carbonyl (C=O) groups excluding carboxylic acids is 1. The van der Waals surface area contributed by atoms with Crippen LogP contribution in [0.3, 0.4) is 0 Å². The summed E-state index contributed by atoms with van der Waals surface area (Å²) in [5.41, 5.74) is 1.64. The Morgan fingerprint density at radius 3 is 2.31 bits per heavy atom. The summed E-state index contributed by atoms with van der Waals surface area (Å²) in [5, 5.41) is 14.1. The summed E-state index contributed by atoms with van der Waals surface area (Å²) in [4.78, 5) is 12.6. The average molecular weight is 500 g/mol. The van der Waals surface area contributed by atoms with E-state index in [2.05, 4.69) is 10.6 Å². The van der Waals surface area contributed by atoms with Crippen molar-refractivity contribution in [2.45, 2.75) is 39.8 Å². The van der Waals surface area contributed by atoms with Crippen LogP contribution in [-0.2, 0) is 4.79 Å². The van der Waals surface area contributed by atoms with Crippen LogP contribution >= 0.6 is 11.6 Å². The number of rotatable bonds is 8. The number of carbonyl (C=O) groups is 1. The number of hydrogen-bond acceptors (Lipinski definition) is 4. The Morgan fingerprint density at radius 2 is 1.71 bits per heavy atom. The van der Waals surface area contributed by atoms with Gasteiger partial charge in [0.1, 0.15) is 23.5 Å². The molecule has 0 saturated carbocycles. The summed E-state index contributed by atoms with van der Waals surface area (Å²) in [6.07, 6.45) is 0.404. The number of nitrogens with one attached hydrogen (secondary N) is 3. The van der Waals surface area contributed by atoms with Gasteiger partial charge < -0.3 is 20.8 Å². The lowest BCUT2D eigenvalue weighted by molar-refractivity contribution is -0.129. The predicted octanol–water partition coefficient (Wildman–Crippen LogP) is 7.03. The van der Waals surface area contributed by atoms with Crippen molar-refractivity contribution >= 4 is 35.1 Å². The molecule has 3 rings (SSSR count). The Hall–Kier alpha value is -3.45. The molecular formula is C27H28ClF2N3O2. The van der Waals surface area contributed by atoms with Gasteiger partial charge in [-0.15, -0.1) is 0 Å². The fraction of sp³-hybridized carbons (Fsp3) is 0.259. The molecule has 0 aromatic heterocycles. The summed E-state index contributed by atoms with van der Waals surface area (Å²) < 4.78 is 33.6. The third kappa shape index (κ3) is 7.02. The first-order valence-corrected chi connectivity index (χ1v) is 11.4. The van der Waals surface area contributed by atoms with Gasteiger partial charge in [-0.3, -0.25) is 4.79 Å². The molecule has 0 aliphatic carbocycles. The van der Waals surface area contributed by atoms with Gasteiger partial charge in [0.05, 0.1) is 6.04 Å². The molecule has 0 saturated heterocycles. The van der Waals surface area contributed by atoms with E-state index >= 15 is 0 Å². The maximum absolute atomic E-state index is 14.2. The number of halogens is 3. The van der Waals surface area contributed by atoms with Crippen LogP contribution in [0.1, 0.15) is 44.9 Å². The number of hydrogen-bond donors (Lipinski definition) is 3. The van der Waals surface area contributed by atoms with Crippen molar-refractivity contribution < 1.29 is 18.3 Å². The lowest BCUT2D eigenvalue weighted by Crippen LogP contribution is -2.44. The fourth-order valence-electron chi connectivity index (χ4n) is 3.38. The van der Waals surface area contributed by atoms with Crippen LogP contribution in [0.4, 0.5) is 20.2 Å². The Balaban J connectivity index is 1.91. The molecule has 1 amide bonds. The Bertz CT molecular complexity index is 1190. The van der Waals surface area contributed by atoms with E-state index in [-0.39, 0.29) is 16.7 Å². The Kier molecular flexibility index (Phi) is 8.12. The van der Waals surface area contributed by atoms with E-state index in [1.165, 1.54) is 24.3 Å². The lowest BCUT2D eigenvalue weighted by Gasteiger charge is -2.29. The van der Waals surface area contributed by atoms with Crippen molar-refractivity contribution in [1.82, 2.24) is 5.32 Å². The molecular weight excluding hydrogens is 472 g/mol. The molecule has 35 heavy (non-hydrogen) atoms. The van der Waals surface area contributed by atoms with Crippen LogP contribution in [-0.4, -0.2) is 18.2 Å². The van der Waals surface area contributed by atoms with E-state index in [0.717, 1.165) is 6.21 Å². The first-order valence-electron chi connectivity index (χ1n) is 11.1. The quantitative estimate of drug-likeness (QED) is 0.291. The van der Waals surface area contributed by atoms with Gasteiger partial charge >= 0.3 is 0 Å². The van der Waals surface area contributed by atoms with Crippen molar-refractivity contribution in [1.29, 1.82) is 5.41 Å². The standard InChI is InChI=1S/C27H28ClF2N3O2/c1-16(32-26(34)27(2,3)4)25(17-11-19(28)14-21(30)12-17)35-23-9-10-24(18(13-23)15-31)33-22-7-5-20(29)6-8-22/h5-16,25,31,33H,1-4H3,(H,32,34)/t16-,25-/m0/s1. The number of anilines is 2. The Labute approximate surface area is 209 Å². The second-order valence-electron chi connectivity index (χ2n) is 9.28. The van der Waals surface area contributed by atoms with Gasteiger partial charge in [0.25, 0.3) is 0 Å². The van der Waals surface area contributed by atoms with Crippen LogP contribution in [0, 0.1) is 22.5 Å². The molecule has 0 unspecified atom stereocenters. The molecule has 3 aromatic carbocycles. The monoisotopic (exact) mass is 499 g/mol. The predicted molar refractivity (Wildman–Crippen MR) is 136 cm³/mol. The maximum atomic E-state index is 14.2. The van der Waals surface area contributed by atoms with Gasteiger partial charge in [0, 0.05) is 33.6 Å². The molecule has 3 aromatic rings. The van der Waals surface area contributed by atoms with Crippen molar-refractivity contribution in [2.24, 2.45) is 5.41 Å².